The maximum Gasteiger partial charge on any atom is 0.326 e. The number of anilines is 1. The summed E-state index contributed by atoms with van der Waals surface area (Å²) in [6.45, 7) is 2.22. The zero-order valence-corrected chi connectivity index (χ0v) is 11.2. The van der Waals surface area contributed by atoms with Gasteiger partial charge in [-0.3, -0.25) is 10.1 Å². The van der Waals surface area contributed by atoms with Gasteiger partial charge in [-0.2, -0.15) is 0 Å². The smallest absolute Gasteiger partial charge is 0.326 e. The number of imide groups is 1. The van der Waals surface area contributed by atoms with Crippen molar-refractivity contribution >= 4 is 23.7 Å². The Hall–Kier alpha value is -2.30. The largest absolute Gasteiger partial charge is 0.372 e. The molecule has 3 rings (SSSR count). The number of nitrogens with one attached hydrogen (secondary N) is 2. The normalized spacial score (nSPS) is 21.0. The molecule has 20 heavy (non-hydrogen) atoms. The number of hydrogen-bond acceptors (Lipinski definition) is 3. The molecule has 1 aromatic carbocycles. The van der Waals surface area contributed by atoms with Gasteiger partial charge in [0, 0.05) is 18.8 Å². The van der Waals surface area contributed by atoms with Crippen LogP contribution >= 0.6 is 0 Å². The van der Waals surface area contributed by atoms with E-state index >= 15 is 0 Å². The second kappa shape index (κ2) is 5.36. The summed E-state index contributed by atoms with van der Waals surface area (Å²) in [5, 5.41) is 4.67. The van der Waals surface area contributed by atoms with E-state index in [4.69, 9.17) is 0 Å². The van der Waals surface area contributed by atoms with Gasteiger partial charge < -0.3 is 10.2 Å². The first-order valence-corrected chi connectivity index (χ1v) is 6.91. The van der Waals surface area contributed by atoms with E-state index in [-0.39, 0.29) is 5.91 Å². The molecule has 5 heteroatoms. The molecule has 2 heterocycles. The second-order valence-electron chi connectivity index (χ2n) is 5.11. The van der Waals surface area contributed by atoms with Crippen LogP contribution in [0.4, 0.5) is 10.5 Å². The lowest BCUT2D eigenvalue weighted by molar-refractivity contribution is -0.115. The monoisotopic (exact) mass is 271 g/mol. The van der Waals surface area contributed by atoms with Crippen LogP contribution in [-0.4, -0.2) is 25.0 Å². The first kappa shape index (κ1) is 12.7. The lowest BCUT2D eigenvalue weighted by Crippen LogP contribution is -2.29. The number of urea groups is 1. The van der Waals surface area contributed by atoms with Crippen LogP contribution in [0.15, 0.2) is 30.0 Å². The van der Waals surface area contributed by atoms with Crippen LogP contribution in [0.2, 0.25) is 0 Å². The molecule has 0 bridgehead atoms. The van der Waals surface area contributed by atoms with E-state index in [0.29, 0.717) is 5.70 Å². The van der Waals surface area contributed by atoms with Crippen LogP contribution in [-0.2, 0) is 4.79 Å². The van der Waals surface area contributed by atoms with Crippen LogP contribution in [0.1, 0.15) is 24.8 Å². The molecule has 0 radical (unpaired) electrons. The molecule has 1 aromatic rings. The fourth-order valence-electron chi connectivity index (χ4n) is 2.58. The molecule has 2 aliphatic heterocycles. The van der Waals surface area contributed by atoms with E-state index in [1.54, 1.807) is 6.08 Å². The SMILES string of the molecule is O=C1NC(=O)C(=Cc2ccc(N3CCCCC3)cc2)N1. The Labute approximate surface area is 117 Å². The van der Waals surface area contributed by atoms with E-state index in [9.17, 15) is 9.59 Å². The minimum atomic E-state index is -0.466. The maximum atomic E-state index is 11.4. The van der Waals surface area contributed by atoms with Gasteiger partial charge in [-0.1, -0.05) is 12.1 Å². The minimum absolute atomic E-state index is 0.292. The van der Waals surface area contributed by atoms with Gasteiger partial charge in [0.1, 0.15) is 5.70 Å². The van der Waals surface area contributed by atoms with Crippen LogP contribution in [0.3, 0.4) is 0 Å². The molecule has 2 fully saturated rings. The second-order valence-corrected chi connectivity index (χ2v) is 5.11. The van der Waals surface area contributed by atoms with Crippen LogP contribution in [0, 0.1) is 0 Å². The fourth-order valence-corrected chi connectivity index (χ4v) is 2.58. The van der Waals surface area contributed by atoms with E-state index in [2.05, 4.69) is 27.7 Å². The summed E-state index contributed by atoms with van der Waals surface area (Å²) in [6, 6.07) is 7.59. The highest BCUT2D eigenvalue weighted by atomic mass is 16.2. The molecule has 0 atom stereocenters. The Balaban J connectivity index is 1.74. The van der Waals surface area contributed by atoms with E-state index in [1.807, 2.05) is 12.1 Å². The summed E-state index contributed by atoms with van der Waals surface area (Å²) in [5.74, 6) is -0.380. The minimum Gasteiger partial charge on any atom is -0.372 e. The van der Waals surface area contributed by atoms with Crippen molar-refractivity contribution in [2.45, 2.75) is 19.3 Å². The van der Waals surface area contributed by atoms with Crippen molar-refractivity contribution < 1.29 is 9.59 Å². The molecule has 0 aliphatic carbocycles. The molecule has 5 nitrogen and oxygen atoms in total. The summed E-state index contributed by atoms with van der Waals surface area (Å²) in [5.41, 5.74) is 2.41. The number of rotatable bonds is 2. The predicted octanol–water partition coefficient (Wildman–Crippen LogP) is 1.86. The first-order chi connectivity index (χ1) is 9.72. The van der Waals surface area contributed by atoms with E-state index < -0.39 is 6.03 Å². The van der Waals surface area contributed by atoms with Crippen molar-refractivity contribution in [1.29, 1.82) is 0 Å². The molecular weight excluding hydrogens is 254 g/mol. The Morgan fingerprint density at radius 2 is 1.65 bits per heavy atom. The Morgan fingerprint density at radius 3 is 2.25 bits per heavy atom. The standard InChI is InChI=1S/C15H17N3O2/c19-14-13(16-15(20)17-14)10-11-4-6-12(7-5-11)18-8-2-1-3-9-18/h4-7,10H,1-3,8-9H2,(H2,16,17,19,20). The lowest BCUT2D eigenvalue weighted by Gasteiger charge is -2.28. The number of nitrogens with zero attached hydrogens (tertiary/aromatic N) is 1. The van der Waals surface area contributed by atoms with Gasteiger partial charge in [-0.05, 0) is 43.0 Å². The number of benzene rings is 1. The van der Waals surface area contributed by atoms with Gasteiger partial charge in [-0.15, -0.1) is 0 Å². The number of piperidine rings is 1. The zero-order valence-electron chi connectivity index (χ0n) is 11.2. The van der Waals surface area contributed by atoms with Crippen molar-refractivity contribution in [2.75, 3.05) is 18.0 Å². The maximum absolute atomic E-state index is 11.4. The molecule has 3 amide bonds. The van der Waals surface area contributed by atoms with Crippen LogP contribution in [0.5, 0.6) is 0 Å². The quantitative estimate of drug-likeness (QED) is 0.637. The van der Waals surface area contributed by atoms with Crippen molar-refractivity contribution in [2.24, 2.45) is 0 Å². The number of amides is 3. The molecule has 0 aromatic heterocycles. The molecule has 2 saturated heterocycles. The number of carbonyl (C=O) groups excluding carboxylic acids is 2. The first-order valence-electron chi connectivity index (χ1n) is 6.91. The van der Waals surface area contributed by atoms with Crippen molar-refractivity contribution in [3.8, 4) is 0 Å². The van der Waals surface area contributed by atoms with Crippen molar-refractivity contribution in [1.82, 2.24) is 10.6 Å². The highest BCUT2D eigenvalue weighted by Crippen LogP contribution is 2.21. The van der Waals surface area contributed by atoms with Gasteiger partial charge in [0.15, 0.2) is 0 Å². The fraction of sp³-hybridized carbons (Fsp3) is 0.333. The van der Waals surface area contributed by atoms with Gasteiger partial charge in [-0.25, -0.2) is 4.79 Å². The molecule has 104 valence electrons. The third-order valence-corrected chi connectivity index (χ3v) is 3.65. The molecular formula is C15H17N3O2. The highest BCUT2D eigenvalue weighted by molar-refractivity contribution is 6.13. The number of hydrogen-bond donors (Lipinski definition) is 2. The summed E-state index contributed by atoms with van der Waals surface area (Å²) < 4.78 is 0. The lowest BCUT2D eigenvalue weighted by atomic mass is 10.1. The molecule has 2 N–H and O–H groups in total. The summed E-state index contributed by atoms with van der Waals surface area (Å²) in [6.07, 6.45) is 5.49. The molecule has 0 spiro atoms. The average molecular weight is 271 g/mol. The van der Waals surface area contributed by atoms with Gasteiger partial charge >= 0.3 is 6.03 Å². The van der Waals surface area contributed by atoms with Crippen molar-refractivity contribution in [3.63, 3.8) is 0 Å². The predicted molar refractivity (Wildman–Crippen MR) is 77.2 cm³/mol. The summed E-state index contributed by atoms with van der Waals surface area (Å²) in [4.78, 5) is 24.8. The average Bonchev–Trinajstić information content (AvgIpc) is 2.79. The molecule has 0 saturated carbocycles. The zero-order chi connectivity index (χ0) is 13.9. The Kier molecular flexibility index (Phi) is 3.41. The third kappa shape index (κ3) is 2.66. The topological polar surface area (TPSA) is 61.4 Å². The number of carbonyl (C=O) groups is 2. The summed E-state index contributed by atoms with van der Waals surface area (Å²) >= 11 is 0. The van der Waals surface area contributed by atoms with Gasteiger partial charge in [0.25, 0.3) is 5.91 Å². The molecule has 2 aliphatic rings. The summed E-state index contributed by atoms with van der Waals surface area (Å²) in [7, 11) is 0. The van der Waals surface area contributed by atoms with Crippen LogP contribution < -0.4 is 15.5 Å². The highest BCUT2D eigenvalue weighted by Gasteiger charge is 2.22. The Bertz CT molecular complexity index is 557. The van der Waals surface area contributed by atoms with Crippen molar-refractivity contribution in [3.05, 3.63) is 35.5 Å². The van der Waals surface area contributed by atoms with E-state index in [1.165, 1.54) is 24.9 Å². The van der Waals surface area contributed by atoms with E-state index in [0.717, 1.165) is 18.7 Å². The van der Waals surface area contributed by atoms with Gasteiger partial charge in [0.05, 0.1) is 0 Å². The molecule has 0 unspecified atom stereocenters. The van der Waals surface area contributed by atoms with Gasteiger partial charge in [0.2, 0.25) is 0 Å². The third-order valence-electron chi connectivity index (χ3n) is 3.65. The Morgan fingerprint density at radius 1 is 0.950 bits per heavy atom. The van der Waals surface area contributed by atoms with Crippen LogP contribution in [0.25, 0.3) is 6.08 Å².